The summed E-state index contributed by atoms with van der Waals surface area (Å²) in [4.78, 5) is 62.1. The van der Waals surface area contributed by atoms with E-state index in [2.05, 4.69) is 15.2 Å². The van der Waals surface area contributed by atoms with Crippen LogP contribution in [0.15, 0.2) is 29.1 Å². The number of ether oxygens (including phenoxy) is 4. The summed E-state index contributed by atoms with van der Waals surface area (Å²) in [7, 11) is 0. The highest BCUT2D eigenvalue weighted by molar-refractivity contribution is 5.80. The predicted octanol–water partition coefficient (Wildman–Crippen LogP) is 0.602. The zero-order valence-corrected chi connectivity index (χ0v) is 18.8. The molecule has 0 radical (unpaired) electrons. The minimum atomic E-state index is -1.48. The number of H-pyrrole nitrogens is 1. The molecule has 3 atom stereocenters. The third-order valence-electron chi connectivity index (χ3n) is 4.59. The Morgan fingerprint density at radius 1 is 0.912 bits per heavy atom. The summed E-state index contributed by atoms with van der Waals surface area (Å²) in [5, 5.41) is 8.29. The number of aromatic nitrogens is 4. The van der Waals surface area contributed by atoms with Crippen LogP contribution < -0.4 is 5.56 Å². The summed E-state index contributed by atoms with van der Waals surface area (Å²) in [6.45, 7) is 3.97. The van der Waals surface area contributed by atoms with Gasteiger partial charge in [0.15, 0.2) is 18.0 Å². The van der Waals surface area contributed by atoms with Crippen molar-refractivity contribution in [3.05, 3.63) is 40.4 Å². The molecule has 0 bridgehead atoms. The number of fused-ring (bicyclic) bond motifs is 3. The van der Waals surface area contributed by atoms with Crippen LogP contribution in [0.1, 0.15) is 39.6 Å². The number of nitrogens with zero attached hydrogens (tertiary/aromatic N) is 3. The van der Waals surface area contributed by atoms with Crippen LogP contribution in [0.25, 0.3) is 16.7 Å². The second-order valence-corrected chi connectivity index (χ2v) is 7.24. The molecule has 34 heavy (non-hydrogen) atoms. The van der Waals surface area contributed by atoms with Gasteiger partial charge in [-0.3, -0.25) is 33.4 Å². The minimum absolute atomic E-state index is 0.0291. The molecule has 0 saturated heterocycles. The van der Waals surface area contributed by atoms with Crippen LogP contribution in [0.4, 0.5) is 0 Å². The molecule has 0 saturated carbocycles. The molecule has 0 aliphatic heterocycles. The van der Waals surface area contributed by atoms with Gasteiger partial charge in [-0.25, -0.2) is 0 Å². The molecular formula is C21H22N4O9. The molecule has 0 aliphatic rings. The van der Waals surface area contributed by atoms with Crippen LogP contribution in [0, 0.1) is 0 Å². The standard InChI is InChI=1S/C21H22N4O9/c1-10(26)31-9-16(32-11(2)27)17(33-12(3)28)18(34-13(4)29)19-23-24-21-22-20(30)14-7-5-6-8-15(14)25(19)21/h5-8,16-18H,9H2,1-4H3,(H,22,24,30)/t16-,17-,18+/m1/s1. The predicted molar refractivity (Wildman–Crippen MR) is 113 cm³/mol. The van der Waals surface area contributed by atoms with Crippen LogP contribution >= 0.6 is 0 Å². The Hall–Kier alpha value is -4.29. The third kappa shape index (κ3) is 5.36. The monoisotopic (exact) mass is 474 g/mol. The summed E-state index contributed by atoms with van der Waals surface area (Å²) in [5.74, 6) is -3.03. The number of aromatic amines is 1. The average molecular weight is 474 g/mol. The molecule has 13 heteroatoms. The van der Waals surface area contributed by atoms with Crippen LogP contribution in [0.5, 0.6) is 0 Å². The molecule has 2 aromatic heterocycles. The number of benzene rings is 1. The molecule has 2 heterocycles. The molecule has 0 unspecified atom stereocenters. The van der Waals surface area contributed by atoms with Gasteiger partial charge < -0.3 is 18.9 Å². The van der Waals surface area contributed by atoms with Gasteiger partial charge in [-0.05, 0) is 12.1 Å². The Kier molecular flexibility index (Phi) is 7.24. The van der Waals surface area contributed by atoms with Crippen LogP contribution in [-0.4, -0.2) is 62.3 Å². The molecule has 0 amide bonds. The average Bonchev–Trinajstić information content (AvgIpc) is 3.17. The topological polar surface area (TPSA) is 168 Å². The van der Waals surface area contributed by atoms with Crippen molar-refractivity contribution in [1.82, 2.24) is 19.6 Å². The normalized spacial score (nSPS) is 13.6. The van der Waals surface area contributed by atoms with E-state index in [1.54, 1.807) is 24.3 Å². The molecule has 3 rings (SSSR count). The molecule has 0 fully saturated rings. The van der Waals surface area contributed by atoms with E-state index in [4.69, 9.17) is 18.9 Å². The van der Waals surface area contributed by atoms with Crippen LogP contribution in [0.3, 0.4) is 0 Å². The van der Waals surface area contributed by atoms with Crippen LogP contribution in [0.2, 0.25) is 0 Å². The maximum atomic E-state index is 12.4. The number of nitrogens with one attached hydrogen (secondary N) is 1. The van der Waals surface area contributed by atoms with Gasteiger partial charge in [0.25, 0.3) is 5.56 Å². The Morgan fingerprint density at radius 3 is 2.18 bits per heavy atom. The molecule has 1 aromatic carbocycles. The second-order valence-electron chi connectivity index (χ2n) is 7.24. The molecule has 0 spiro atoms. The second kappa shape index (κ2) is 10.1. The fourth-order valence-electron chi connectivity index (χ4n) is 3.41. The highest BCUT2D eigenvalue weighted by Gasteiger charge is 2.41. The number of carbonyl (C=O) groups is 4. The zero-order chi connectivity index (χ0) is 25.0. The van der Waals surface area contributed by atoms with E-state index >= 15 is 0 Å². The van der Waals surface area contributed by atoms with Gasteiger partial charge in [-0.1, -0.05) is 12.1 Å². The molecule has 180 valence electrons. The molecule has 1 N–H and O–H groups in total. The highest BCUT2D eigenvalue weighted by Crippen LogP contribution is 2.28. The van der Waals surface area contributed by atoms with Gasteiger partial charge in [-0.2, -0.15) is 0 Å². The lowest BCUT2D eigenvalue weighted by atomic mass is 10.1. The van der Waals surface area contributed by atoms with Crippen molar-refractivity contribution in [2.45, 2.75) is 46.0 Å². The number of rotatable bonds is 8. The summed E-state index contributed by atoms with van der Waals surface area (Å²) in [6, 6.07) is 6.54. The highest BCUT2D eigenvalue weighted by atomic mass is 16.6. The molecule has 13 nitrogen and oxygen atoms in total. The first kappa shape index (κ1) is 24.4. The van der Waals surface area contributed by atoms with E-state index in [9.17, 15) is 24.0 Å². The van der Waals surface area contributed by atoms with Crippen molar-refractivity contribution < 1.29 is 38.1 Å². The molecular weight excluding hydrogens is 452 g/mol. The molecule has 0 aliphatic carbocycles. The fourth-order valence-corrected chi connectivity index (χ4v) is 3.41. The smallest absolute Gasteiger partial charge is 0.303 e. The Bertz CT molecular complexity index is 1310. The Morgan fingerprint density at radius 2 is 1.56 bits per heavy atom. The van der Waals surface area contributed by atoms with Crippen molar-refractivity contribution in [2.24, 2.45) is 0 Å². The first-order valence-corrected chi connectivity index (χ1v) is 10.1. The van der Waals surface area contributed by atoms with Crippen molar-refractivity contribution in [1.29, 1.82) is 0 Å². The lowest BCUT2D eigenvalue weighted by Gasteiger charge is -2.30. The van der Waals surface area contributed by atoms with E-state index in [0.717, 1.165) is 27.7 Å². The van der Waals surface area contributed by atoms with Gasteiger partial charge in [0.05, 0.1) is 10.9 Å². The first-order chi connectivity index (χ1) is 16.1. The maximum Gasteiger partial charge on any atom is 0.303 e. The lowest BCUT2D eigenvalue weighted by Crippen LogP contribution is -2.44. The summed E-state index contributed by atoms with van der Waals surface area (Å²) >= 11 is 0. The SMILES string of the molecule is CC(=O)OC[C@@H](OC(C)=O)[C@@H](OC(C)=O)[C@H](OC(C)=O)c1nnc2[nH]c(=O)c3ccccc3n12. The van der Waals surface area contributed by atoms with Gasteiger partial charge in [0.1, 0.15) is 6.61 Å². The number of hydrogen-bond donors (Lipinski definition) is 1. The molecule has 3 aromatic rings. The van der Waals surface area contributed by atoms with E-state index in [1.165, 1.54) is 4.40 Å². The lowest BCUT2D eigenvalue weighted by molar-refractivity contribution is -0.190. The zero-order valence-electron chi connectivity index (χ0n) is 18.8. The maximum absolute atomic E-state index is 12.4. The van der Waals surface area contributed by atoms with Gasteiger partial charge in [0.2, 0.25) is 11.9 Å². The van der Waals surface area contributed by atoms with Crippen molar-refractivity contribution in [2.75, 3.05) is 6.61 Å². The number of hydrogen-bond acceptors (Lipinski definition) is 11. The Labute approximate surface area is 191 Å². The van der Waals surface area contributed by atoms with Gasteiger partial charge >= 0.3 is 23.9 Å². The number of para-hydroxylation sites is 1. The van der Waals surface area contributed by atoms with E-state index < -0.39 is 54.4 Å². The van der Waals surface area contributed by atoms with Gasteiger partial charge in [-0.15, -0.1) is 10.2 Å². The number of carbonyl (C=O) groups excluding carboxylic acids is 4. The van der Waals surface area contributed by atoms with Crippen LogP contribution in [-0.2, 0) is 38.1 Å². The quantitative estimate of drug-likeness (QED) is 0.358. The third-order valence-corrected chi connectivity index (χ3v) is 4.59. The first-order valence-electron chi connectivity index (χ1n) is 10.1. The summed E-state index contributed by atoms with van der Waals surface area (Å²) in [5.41, 5.74) is -0.0423. The Balaban J connectivity index is 2.24. The fraction of sp³-hybridized carbons (Fsp3) is 0.381. The van der Waals surface area contributed by atoms with Gasteiger partial charge in [0, 0.05) is 27.7 Å². The van der Waals surface area contributed by atoms with E-state index in [-0.39, 0.29) is 17.0 Å². The summed E-state index contributed by atoms with van der Waals surface area (Å²) in [6.07, 6.45) is -4.32. The van der Waals surface area contributed by atoms with E-state index in [1.807, 2.05) is 0 Å². The van der Waals surface area contributed by atoms with Crippen molar-refractivity contribution >= 4 is 40.6 Å². The number of esters is 4. The van der Waals surface area contributed by atoms with Crippen molar-refractivity contribution in [3.8, 4) is 0 Å². The minimum Gasteiger partial charge on any atom is -0.462 e. The summed E-state index contributed by atoms with van der Waals surface area (Å²) < 4.78 is 22.5. The largest absolute Gasteiger partial charge is 0.462 e. The van der Waals surface area contributed by atoms with E-state index in [0.29, 0.717) is 5.52 Å². The van der Waals surface area contributed by atoms with Crippen molar-refractivity contribution in [3.63, 3.8) is 0 Å².